The second kappa shape index (κ2) is 4.29. The van der Waals surface area contributed by atoms with Gasteiger partial charge in [0.1, 0.15) is 11.3 Å². The first kappa shape index (κ1) is 11.2. The molecule has 0 aliphatic heterocycles. The van der Waals surface area contributed by atoms with Gasteiger partial charge in [-0.15, -0.1) is 0 Å². The predicted molar refractivity (Wildman–Crippen MR) is 62.0 cm³/mol. The van der Waals surface area contributed by atoms with E-state index in [1.807, 2.05) is 13.0 Å². The molecule has 2 rings (SSSR count). The molecule has 2 aromatic rings. The lowest BCUT2D eigenvalue weighted by Gasteiger charge is -2.06. The molecule has 5 nitrogen and oxygen atoms in total. The number of carboxylic acid groups (broad SMARTS) is 1. The third-order valence-corrected chi connectivity index (χ3v) is 2.54. The van der Waals surface area contributed by atoms with E-state index in [9.17, 15) is 9.90 Å². The van der Waals surface area contributed by atoms with Gasteiger partial charge in [-0.3, -0.25) is 4.68 Å². The summed E-state index contributed by atoms with van der Waals surface area (Å²) in [6, 6.07) is 6.30. The summed E-state index contributed by atoms with van der Waals surface area (Å²) in [5.41, 5.74) is 1.45. The molecule has 0 aliphatic rings. The van der Waals surface area contributed by atoms with Crippen LogP contribution in [-0.2, 0) is 6.54 Å². The van der Waals surface area contributed by atoms with Gasteiger partial charge in [-0.05, 0) is 31.2 Å². The zero-order valence-corrected chi connectivity index (χ0v) is 9.29. The van der Waals surface area contributed by atoms with Crippen molar-refractivity contribution in [3.05, 3.63) is 36.0 Å². The molecule has 2 N–H and O–H groups in total. The van der Waals surface area contributed by atoms with Crippen LogP contribution in [0.2, 0.25) is 0 Å². The summed E-state index contributed by atoms with van der Waals surface area (Å²) in [6.07, 6.45) is 1.66. The zero-order chi connectivity index (χ0) is 12.4. The Labute approximate surface area is 97.9 Å². The van der Waals surface area contributed by atoms with Gasteiger partial charge in [0.2, 0.25) is 0 Å². The fourth-order valence-corrected chi connectivity index (χ4v) is 1.70. The van der Waals surface area contributed by atoms with Crippen molar-refractivity contribution in [3.63, 3.8) is 0 Å². The van der Waals surface area contributed by atoms with E-state index in [0.717, 1.165) is 11.3 Å². The number of phenols is 1. The number of carboxylic acids is 1. The Morgan fingerprint density at radius 2 is 2.18 bits per heavy atom. The summed E-state index contributed by atoms with van der Waals surface area (Å²) in [7, 11) is 0. The minimum atomic E-state index is -1.15. The molecule has 0 unspecified atom stereocenters. The second-order valence-corrected chi connectivity index (χ2v) is 3.57. The van der Waals surface area contributed by atoms with E-state index in [2.05, 4.69) is 5.10 Å². The van der Waals surface area contributed by atoms with Gasteiger partial charge in [-0.25, -0.2) is 4.79 Å². The first-order chi connectivity index (χ1) is 8.13. The van der Waals surface area contributed by atoms with Crippen LogP contribution in [0.4, 0.5) is 0 Å². The maximum absolute atomic E-state index is 10.9. The number of hydrogen-bond donors (Lipinski definition) is 2. The smallest absolute Gasteiger partial charge is 0.339 e. The van der Waals surface area contributed by atoms with Gasteiger partial charge >= 0.3 is 5.97 Å². The Morgan fingerprint density at radius 1 is 1.41 bits per heavy atom. The summed E-state index contributed by atoms with van der Waals surface area (Å²) in [5.74, 6) is -1.38. The van der Waals surface area contributed by atoms with Crippen LogP contribution in [0.5, 0.6) is 5.75 Å². The highest BCUT2D eigenvalue weighted by Crippen LogP contribution is 2.25. The topological polar surface area (TPSA) is 75.3 Å². The minimum absolute atomic E-state index is 0.105. The molecule has 1 aromatic carbocycles. The van der Waals surface area contributed by atoms with Crippen LogP contribution in [0.25, 0.3) is 11.3 Å². The largest absolute Gasteiger partial charge is 0.507 e. The van der Waals surface area contributed by atoms with Gasteiger partial charge in [0.05, 0.1) is 5.69 Å². The van der Waals surface area contributed by atoms with Crippen molar-refractivity contribution in [3.8, 4) is 17.0 Å². The molecule has 5 heteroatoms. The van der Waals surface area contributed by atoms with Crippen LogP contribution in [0.1, 0.15) is 17.3 Å². The molecule has 0 spiro atoms. The van der Waals surface area contributed by atoms with E-state index in [0.29, 0.717) is 6.54 Å². The lowest BCUT2D eigenvalue weighted by atomic mass is 10.1. The molecule has 0 aliphatic carbocycles. The third-order valence-electron chi connectivity index (χ3n) is 2.54. The molecular weight excluding hydrogens is 220 g/mol. The number of nitrogens with zero attached hydrogens (tertiary/aromatic N) is 2. The molecule has 17 heavy (non-hydrogen) atoms. The summed E-state index contributed by atoms with van der Waals surface area (Å²) < 4.78 is 1.76. The monoisotopic (exact) mass is 232 g/mol. The van der Waals surface area contributed by atoms with Crippen LogP contribution in [0, 0.1) is 0 Å². The van der Waals surface area contributed by atoms with Gasteiger partial charge in [-0.1, -0.05) is 0 Å². The molecule has 0 saturated carbocycles. The summed E-state index contributed by atoms with van der Waals surface area (Å²) in [5, 5.41) is 22.5. The molecule has 0 saturated heterocycles. The van der Waals surface area contributed by atoms with Crippen molar-refractivity contribution in [2.45, 2.75) is 13.5 Å². The fourth-order valence-electron chi connectivity index (χ4n) is 1.70. The Hall–Kier alpha value is -2.30. The first-order valence-electron chi connectivity index (χ1n) is 5.22. The van der Waals surface area contributed by atoms with Crippen molar-refractivity contribution in [1.82, 2.24) is 9.78 Å². The molecule has 0 bridgehead atoms. The van der Waals surface area contributed by atoms with Crippen molar-refractivity contribution < 1.29 is 15.0 Å². The van der Waals surface area contributed by atoms with Gasteiger partial charge in [-0.2, -0.15) is 5.10 Å². The number of benzene rings is 1. The standard InChI is InChI=1S/C12H12N2O3/c1-2-14-10(5-6-13-14)8-3-4-11(15)9(7-8)12(16)17/h3-7,15H,2H2,1H3,(H,16,17). The van der Waals surface area contributed by atoms with E-state index in [1.54, 1.807) is 16.9 Å². The predicted octanol–water partition coefficient (Wildman–Crippen LogP) is 1.97. The minimum Gasteiger partial charge on any atom is -0.507 e. The maximum Gasteiger partial charge on any atom is 0.339 e. The number of aromatic nitrogens is 2. The summed E-state index contributed by atoms with van der Waals surface area (Å²) in [4.78, 5) is 10.9. The summed E-state index contributed by atoms with van der Waals surface area (Å²) >= 11 is 0. The number of aromatic hydroxyl groups is 1. The molecule has 0 amide bonds. The molecule has 0 radical (unpaired) electrons. The van der Waals surface area contributed by atoms with Gasteiger partial charge < -0.3 is 10.2 Å². The molecule has 0 fully saturated rings. The molecule has 1 aromatic heterocycles. The maximum atomic E-state index is 10.9. The van der Waals surface area contributed by atoms with E-state index in [-0.39, 0.29) is 11.3 Å². The lowest BCUT2D eigenvalue weighted by Crippen LogP contribution is -2.01. The highest BCUT2D eigenvalue weighted by molar-refractivity contribution is 5.92. The average Bonchev–Trinajstić information content (AvgIpc) is 2.77. The van der Waals surface area contributed by atoms with Crippen molar-refractivity contribution in [2.75, 3.05) is 0 Å². The number of aryl methyl sites for hydroxylation is 1. The second-order valence-electron chi connectivity index (χ2n) is 3.57. The lowest BCUT2D eigenvalue weighted by molar-refractivity contribution is 0.0694. The summed E-state index contributed by atoms with van der Waals surface area (Å²) in [6.45, 7) is 2.65. The number of hydrogen-bond acceptors (Lipinski definition) is 3. The van der Waals surface area contributed by atoms with Crippen LogP contribution in [0.3, 0.4) is 0 Å². The van der Waals surface area contributed by atoms with E-state index < -0.39 is 5.97 Å². The van der Waals surface area contributed by atoms with Gasteiger partial charge in [0.15, 0.2) is 0 Å². The first-order valence-corrected chi connectivity index (χ1v) is 5.22. The normalized spacial score (nSPS) is 10.4. The van der Waals surface area contributed by atoms with Crippen molar-refractivity contribution in [1.29, 1.82) is 0 Å². The Morgan fingerprint density at radius 3 is 2.82 bits per heavy atom. The molecular formula is C12H12N2O3. The highest BCUT2D eigenvalue weighted by atomic mass is 16.4. The van der Waals surface area contributed by atoms with E-state index in [4.69, 9.17) is 5.11 Å². The van der Waals surface area contributed by atoms with Crippen LogP contribution >= 0.6 is 0 Å². The molecule has 0 atom stereocenters. The van der Waals surface area contributed by atoms with E-state index >= 15 is 0 Å². The zero-order valence-electron chi connectivity index (χ0n) is 9.29. The Bertz CT molecular complexity index is 561. The molecule has 1 heterocycles. The van der Waals surface area contributed by atoms with E-state index in [1.165, 1.54) is 12.1 Å². The quantitative estimate of drug-likeness (QED) is 0.848. The average molecular weight is 232 g/mol. The van der Waals surface area contributed by atoms with Crippen LogP contribution in [0.15, 0.2) is 30.5 Å². The van der Waals surface area contributed by atoms with Crippen molar-refractivity contribution in [2.24, 2.45) is 0 Å². The SMILES string of the molecule is CCn1nccc1-c1ccc(O)c(C(=O)O)c1. The Balaban J connectivity index is 2.54. The highest BCUT2D eigenvalue weighted by Gasteiger charge is 2.12. The third kappa shape index (κ3) is 1.99. The van der Waals surface area contributed by atoms with Gasteiger partial charge in [0, 0.05) is 18.3 Å². The number of aromatic carboxylic acids is 1. The Kier molecular flexibility index (Phi) is 2.82. The number of rotatable bonds is 3. The van der Waals surface area contributed by atoms with Crippen molar-refractivity contribution >= 4 is 5.97 Å². The molecule has 88 valence electrons. The fraction of sp³-hybridized carbons (Fsp3) is 0.167. The van der Waals surface area contributed by atoms with Crippen LogP contribution < -0.4 is 0 Å². The van der Waals surface area contributed by atoms with Gasteiger partial charge in [0.25, 0.3) is 0 Å². The van der Waals surface area contributed by atoms with Crippen LogP contribution in [-0.4, -0.2) is 26.0 Å². The number of carbonyl (C=O) groups is 1.